The van der Waals surface area contributed by atoms with Gasteiger partial charge in [-0.1, -0.05) is 49.3 Å². The number of hydrogen-bond acceptors (Lipinski definition) is 2. The number of hydrogen-bond donors (Lipinski definition) is 1. The van der Waals surface area contributed by atoms with Crippen LogP contribution < -0.4 is 5.32 Å². The molecule has 0 radical (unpaired) electrons. The summed E-state index contributed by atoms with van der Waals surface area (Å²) in [4.78, 5) is 0. The smallest absolute Gasteiger partial charge is 0.314 e. The van der Waals surface area contributed by atoms with E-state index in [2.05, 4.69) is 5.32 Å². The number of halogens is 4. The first-order valence-electron chi connectivity index (χ1n) is 6.47. The van der Waals surface area contributed by atoms with Gasteiger partial charge in [-0.15, -0.1) is 0 Å². The standard InChI is InChI=1S/C14H19ClF3NS/c1-10(2)19-9-12(6-7-20-14(16,17)18)11-4-3-5-13(15)8-11/h3-5,8,10,12,19H,6-7,9H2,1-2H3. The molecular formula is C14H19ClF3NS. The lowest BCUT2D eigenvalue weighted by atomic mass is 9.96. The van der Waals surface area contributed by atoms with Crippen molar-refractivity contribution in [2.75, 3.05) is 12.3 Å². The van der Waals surface area contributed by atoms with Crippen molar-refractivity contribution in [2.24, 2.45) is 0 Å². The zero-order valence-electron chi connectivity index (χ0n) is 11.5. The van der Waals surface area contributed by atoms with Crippen molar-refractivity contribution >= 4 is 23.4 Å². The van der Waals surface area contributed by atoms with Gasteiger partial charge in [0.05, 0.1) is 0 Å². The molecule has 0 heterocycles. The molecule has 6 heteroatoms. The molecule has 0 aliphatic carbocycles. The van der Waals surface area contributed by atoms with Crippen LogP contribution in [-0.4, -0.2) is 23.8 Å². The Hall–Kier alpha value is -0.390. The van der Waals surface area contributed by atoms with Gasteiger partial charge in [0.25, 0.3) is 0 Å². The van der Waals surface area contributed by atoms with Crippen molar-refractivity contribution in [2.45, 2.75) is 37.7 Å². The predicted molar refractivity (Wildman–Crippen MR) is 80.5 cm³/mol. The van der Waals surface area contributed by atoms with Crippen LogP contribution in [0.15, 0.2) is 24.3 Å². The van der Waals surface area contributed by atoms with E-state index in [1.54, 1.807) is 6.07 Å². The van der Waals surface area contributed by atoms with Gasteiger partial charge >= 0.3 is 5.51 Å². The van der Waals surface area contributed by atoms with E-state index in [0.29, 0.717) is 24.0 Å². The summed E-state index contributed by atoms with van der Waals surface area (Å²) < 4.78 is 36.6. The average molecular weight is 326 g/mol. The molecule has 0 amide bonds. The highest BCUT2D eigenvalue weighted by atomic mass is 35.5. The third kappa shape index (κ3) is 7.41. The largest absolute Gasteiger partial charge is 0.441 e. The molecule has 1 unspecified atom stereocenters. The van der Waals surface area contributed by atoms with E-state index >= 15 is 0 Å². The average Bonchev–Trinajstić information content (AvgIpc) is 2.31. The van der Waals surface area contributed by atoms with Crippen molar-refractivity contribution in [1.82, 2.24) is 5.32 Å². The molecule has 0 aliphatic rings. The number of benzene rings is 1. The number of rotatable bonds is 7. The molecule has 1 aromatic carbocycles. The van der Waals surface area contributed by atoms with Gasteiger partial charge in [-0.2, -0.15) is 13.2 Å². The number of alkyl halides is 3. The van der Waals surface area contributed by atoms with E-state index in [9.17, 15) is 13.2 Å². The van der Waals surface area contributed by atoms with Gasteiger partial charge in [-0.05, 0) is 30.0 Å². The Kier molecular flexibility index (Phi) is 7.20. The zero-order valence-corrected chi connectivity index (χ0v) is 13.1. The first kappa shape index (κ1) is 17.7. The first-order valence-corrected chi connectivity index (χ1v) is 7.84. The highest BCUT2D eigenvalue weighted by Gasteiger charge is 2.28. The quantitative estimate of drug-likeness (QED) is 0.751. The van der Waals surface area contributed by atoms with Crippen LogP contribution in [0, 0.1) is 0 Å². The minimum absolute atomic E-state index is 0.0333. The van der Waals surface area contributed by atoms with E-state index in [1.807, 2.05) is 32.0 Å². The zero-order chi connectivity index (χ0) is 15.2. The molecule has 20 heavy (non-hydrogen) atoms. The maximum atomic E-state index is 12.2. The lowest BCUT2D eigenvalue weighted by Crippen LogP contribution is -2.28. The van der Waals surface area contributed by atoms with Crippen molar-refractivity contribution in [1.29, 1.82) is 0 Å². The van der Waals surface area contributed by atoms with Gasteiger partial charge < -0.3 is 5.32 Å². The predicted octanol–water partition coefficient (Wildman–Crippen LogP) is 5.06. The fourth-order valence-corrected chi connectivity index (χ4v) is 2.67. The molecule has 0 saturated carbocycles. The number of thioether (sulfide) groups is 1. The second-order valence-electron chi connectivity index (χ2n) is 4.90. The SMILES string of the molecule is CC(C)NCC(CCSC(F)(F)F)c1cccc(Cl)c1. The second kappa shape index (κ2) is 8.15. The van der Waals surface area contributed by atoms with E-state index in [1.165, 1.54) is 0 Å². The highest BCUT2D eigenvalue weighted by Crippen LogP contribution is 2.33. The van der Waals surface area contributed by atoms with E-state index < -0.39 is 5.51 Å². The number of nitrogens with one attached hydrogen (secondary N) is 1. The van der Waals surface area contributed by atoms with E-state index in [4.69, 9.17) is 11.6 Å². The van der Waals surface area contributed by atoms with Gasteiger partial charge in [0, 0.05) is 23.4 Å². The van der Waals surface area contributed by atoms with Crippen LogP contribution in [0.5, 0.6) is 0 Å². The summed E-state index contributed by atoms with van der Waals surface area (Å²) in [5, 5.41) is 3.89. The summed E-state index contributed by atoms with van der Waals surface area (Å²) in [7, 11) is 0. The molecule has 1 nitrogen and oxygen atoms in total. The van der Waals surface area contributed by atoms with Crippen molar-refractivity contribution in [3.8, 4) is 0 Å². The third-order valence-electron chi connectivity index (χ3n) is 2.82. The van der Waals surface area contributed by atoms with Crippen LogP contribution in [-0.2, 0) is 0 Å². The molecule has 0 aromatic heterocycles. The van der Waals surface area contributed by atoms with Gasteiger partial charge in [0.1, 0.15) is 0 Å². The minimum Gasteiger partial charge on any atom is -0.314 e. The monoisotopic (exact) mass is 325 g/mol. The Morgan fingerprint density at radius 2 is 2.00 bits per heavy atom. The molecule has 0 saturated heterocycles. The Labute approximate surface area is 127 Å². The van der Waals surface area contributed by atoms with Crippen LogP contribution in [0.25, 0.3) is 0 Å². The Morgan fingerprint density at radius 3 is 2.55 bits per heavy atom. The molecule has 0 spiro atoms. The molecule has 0 bridgehead atoms. The lowest BCUT2D eigenvalue weighted by Gasteiger charge is -2.20. The maximum Gasteiger partial charge on any atom is 0.441 e. The third-order valence-corrected chi connectivity index (χ3v) is 3.83. The lowest BCUT2D eigenvalue weighted by molar-refractivity contribution is -0.0328. The molecule has 1 N–H and O–H groups in total. The van der Waals surface area contributed by atoms with E-state index in [0.717, 1.165) is 5.56 Å². The molecule has 1 atom stereocenters. The Balaban J connectivity index is 2.65. The Morgan fingerprint density at radius 1 is 1.30 bits per heavy atom. The van der Waals surface area contributed by atoms with Crippen molar-refractivity contribution in [3.05, 3.63) is 34.9 Å². The topological polar surface area (TPSA) is 12.0 Å². The first-order chi connectivity index (χ1) is 9.28. The Bertz CT molecular complexity index is 410. The van der Waals surface area contributed by atoms with Crippen LogP contribution in [0.4, 0.5) is 13.2 Å². The molecule has 0 aliphatic heterocycles. The van der Waals surface area contributed by atoms with Gasteiger partial charge in [-0.3, -0.25) is 0 Å². The van der Waals surface area contributed by atoms with E-state index in [-0.39, 0.29) is 23.4 Å². The second-order valence-corrected chi connectivity index (χ2v) is 6.49. The summed E-state index contributed by atoms with van der Waals surface area (Å²) in [5.74, 6) is 0.0893. The highest BCUT2D eigenvalue weighted by molar-refractivity contribution is 8.00. The van der Waals surface area contributed by atoms with Gasteiger partial charge in [0.2, 0.25) is 0 Å². The van der Waals surface area contributed by atoms with Crippen molar-refractivity contribution < 1.29 is 13.2 Å². The summed E-state index contributed by atoms with van der Waals surface area (Å²) in [5.41, 5.74) is -3.18. The molecule has 1 rings (SSSR count). The summed E-state index contributed by atoms with van der Waals surface area (Å²) in [6.07, 6.45) is 0.463. The summed E-state index contributed by atoms with van der Waals surface area (Å²) >= 11 is 5.99. The molecular weight excluding hydrogens is 307 g/mol. The fraction of sp³-hybridized carbons (Fsp3) is 0.571. The van der Waals surface area contributed by atoms with Crippen LogP contribution in [0.2, 0.25) is 5.02 Å². The van der Waals surface area contributed by atoms with Crippen molar-refractivity contribution in [3.63, 3.8) is 0 Å². The minimum atomic E-state index is -4.16. The maximum absolute atomic E-state index is 12.2. The van der Waals surface area contributed by atoms with Gasteiger partial charge in [-0.25, -0.2) is 0 Å². The molecule has 114 valence electrons. The normalized spacial score (nSPS) is 13.8. The molecule has 0 fully saturated rings. The summed E-state index contributed by atoms with van der Waals surface area (Å²) in [6.45, 7) is 4.68. The fourth-order valence-electron chi connectivity index (χ4n) is 1.84. The molecule has 1 aromatic rings. The van der Waals surface area contributed by atoms with Crippen LogP contribution in [0.3, 0.4) is 0 Å². The summed E-state index contributed by atoms with van der Waals surface area (Å²) in [6, 6.07) is 7.63. The van der Waals surface area contributed by atoms with Crippen LogP contribution >= 0.6 is 23.4 Å². The van der Waals surface area contributed by atoms with Crippen LogP contribution in [0.1, 0.15) is 31.7 Å². The van der Waals surface area contributed by atoms with Gasteiger partial charge in [0.15, 0.2) is 0 Å².